The Labute approximate surface area is 140 Å². The highest BCUT2D eigenvalue weighted by Gasteiger charge is 2.31. The van der Waals surface area contributed by atoms with Crippen LogP contribution in [0.25, 0.3) is 5.69 Å². The lowest BCUT2D eigenvalue weighted by molar-refractivity contribution is -0.274. The molecule has 0 saturated carbocycles. The molecule has 0 aliphatic heterocycles. The summed E-state index contributed by atoms with van der Waals surface area (Å²) in [6, 6.07) is 5.26. The zero-order valence-electron chi connectivity index (χ0n) is 12.7. The van der Waals surface area contributed by atoms with Crippen LogP contribution in [0.4, 0.5) is 13.2 Å². The van der Waals surface area contributed by atoms with Crippen LogP contribution in [0.3, 0.4) is 0 Å². The van der Waals surface area contributed by atoms with E-state index in [0.29, 0.717) is 17.9 Å². The molecule has 2 N–H and O–H groups in total. The fraction of sp³-hybridized carbons (Fsp3) is 0.357. The minimum atomic E-state index is -4.74. The van der Waals surface area contributed by atoms with Gasteiger partial charge in [0.25, 0.3) is 0 Å². The fourth-order valence-corrected chi connectivity index (χ4v) is 2.36. The molecule has 0 atom stereocenters. The first-order chi connectivity index (χ1) is 11.3. The van der Waals surface area contributed by atoms with Gasteiger partial charge in [0.2, 0.25) is 5.91 Å². The lowest BCUT2D eigenvalue weighted by atomic mass is 10.3. The zero-order chi connectivity index (χ0) is 17.7. The number of halogens is 3. The third-order valence-corrected chi connectivity index (χ3v) is 3.51. The first-order valence-electron chi connectivity index (χ1n) is 6.86. The molecule has 2 aromatic rings. The Hall–Kier alpha value is -2.23. The highest BCUT2D eigenvalue weighted by atomic mass is 32.2. The largest absolute Gasteiger partial charge is 0.573 e. The molecular weight excluding hydrogens is 345 g/mol. The second kappa shape index (κ2) is 7.56. The first-order valence-corrected chi connectivity index (χ1v) is 8.26. The van der Waals surface area contributed by atoms with Crippen LogP contribution in [0.1, 0.15) is 11.6 Å². The van der Waals surface area contributed by atoms with Crippen LogP contribution in [0.15, 0.2) is 24.3 Å². The summed E-state index contributed by atoms with van der Waals surface area (Å²) < 4.78 is 41.9. The van der Waals surface area contributed by atoms with Crippen LogP contribution in [0.2, 0.25) is 0 Å². The maximum absolute atomic E-state index is 12.2. The third kappa shape index (κ3) is 5.15. The molecule has 2 rings (SSSR count). The molecule has 1 heterocycles. The van der Waals surface area contributed by atoms with E-state index in [4.69, 9.17) is 5.73 Å². The maximum Gasteiger partial charge on any atom is 0.573 e. The summed E-state index contributed by atoms with van der Waals surface area (Å²) in [4.78, 5) is 15.3. The molecule has 0 fully saturated rings. The van der Waals surface area contributed by atoms with Crippen molar-refractivity contribution in [2.24, 2.45) is 5.73 Å². The molecule has 1 aromatic carbocycles. The molecule has 1 aromatic heterocycles. The van der Waals surface area contributed by atoms with E-state index in [1.807, 2.05) is 6.26 Å². The number of amides is 1. The second-order valence-electron chi connectivity index (χ2n) is 4.78. The monoisotopic (exact) mass is 360 g/mol. The Balaban J connectivity index is 2.28. The number of thioether (sulfide) groups is 1. The van der Waals surface area contributed by atoms with Gasteiger partial charge < -0.3 is 10.5 Å². The van der Waals surface area contributed by atoms with Gasteiger partial charge in [0.1, 0.15) is 11.6 Å². The summed E-state index contributed by atoms with van der Waals surface area (Å²) in [5, 5.41) is 4.21. The Morgan fingerprint density at radius 1 is 1.33 bits per heavy atom. The number of carbonyl (C=O) groups is 1. The molecule has 0 aliphatic rings. The van der Waals surface area contributed by atoms with Crippen molar-refractivity contribution in [3.63, 3.8) is 0 Å². The molecule has 0 unspecified atom stereocenters. The van der Waals surface area contributed by atoms with Crippen LogP contribution in [-0.4, -0.2) is 39.0 Å². The summed E-state index contributed by atoms with van der Waals surface area (Å²) in [5.41, 5.74) is 5.66. The molecular formula is C14H15F3N4O2S. The molecule has 6 nitrogen and oxygen atoms in total. The van der Waals surface area contributed by atoms with E-state index in [2.05, 4.69) is 14.8 Å². The van der Waals surface area contributed by atoms with Gasteiger partial charge in [-0.05, 0) is 30.5 Å². The molecule has 0 bridgehead atoms. The first kappa shape index (κ1) is 18.1. The number of rotatable bonds is 7. The summed E-state index contributed by atoms with van der Waals surface area (Å²) in [6.45, 7) is 0. The van der Waals surface area contributed by atoms with Crippen LogP contribution >= 0.6 is 11.8 Å². The van der Waals surface area contributed by atoms with Gasteiger partial charge >= 0.3 is 6.36 Å². The molecule has 130 valence electrons. The number of primary amides is 1. The van der Waals surface area contributed by atoms with Crippen molar-refractivity contribution in [3.8, 4) is 11.4 Å². The predicted molar refractivity (Wildman–Crippen MR) is 83.0 cm³/mol. The number of hydrogen-bond acceptors (Lipinski definition) is 5. The number of benzene rings is 1. The summed E-state index contributed by atoms with van der Waals surface area (Å²) in [6.07, 6.45) is -2.32. The summed E-state index contributed by atoms with van der Waals surface area (Å²) in [5.74, 6) is 0.774. The van der Waals surface area contributed by atoms with Crippen molar-refractivity contribution in [3.05, 3.63) is 35.9 Å². The van der Waals surface area contributed by atoms with Gasteiger partial charge in [0.05, 0.1) is 12.1 Å². The van der Waals surface area contributed by atoms with Crippen LogP contribution in [-0.2, 0) is 17.6 Å². The maximum atomic E-state index is 12.2. The Morgan fingerprint density at radius 3 is 2.54 bits per heavy atom. The van der Waals surface area contributed by atoms with Gasteiger partial charge in [-0.25, -0.2) is 9.67 Å². The van der Waals surface area contributed by atoms with Crippen LogP contribution in [0, 0.1) is 0 Å². The van der Waals surface area contributed by atoms with E-state index in [0.717, 1.165) is 5.75 Å². The van der Waals surface area contributed by atoms with Crippen molar-refractivity contribution >= 4 is 17.7 Å². The minimum absolute atomic E-state index is 0.103. The van der Waals surface area contributed by atoms with Gasteiger partial charge in [-0.15, -0.1) is 13.2 Å². The van der Waals surface area contributed by atoms with Crippen molar-refractivity contribution in [2.75, 3.05) is 12.0 Å². The SMILES string of the molecule is CSCCc1nc(CC(N)=O)nn1-c1ccc(OC(F)(F)F)cc1. The normalized spacial score (nSPS) is 11.5. The summed E-state index contributed by atoms with van der Waals surface area (Å²) in [7, 11) is 0. The topological polar surface area (TPSA) is 83.0 Å². The number of aromatic nitrogens is 3. The van der Waals surface area contributed by atoms with Crippen molar-refractivity contribution < 1.29 is 22.7 Å². The number of ether oxygens (including phenoxy) is 1. The van der Waals surface area contributed by atoms with E-state index < -0.39 is 12.3 Å². The van der Waals surface area contributed by atoms with E-state index in [1.165, 1.54) is 28.9 Å². The van der Waals surface area contributed by atoms with Crippen molar-refractivity contribution in [1.29, 1.82) is 0 Å². The Morgan fingerprint density at radius 2 is 2.00 bits per heavy atom. The predicted octanol–water partition coefficient (Wildman–Crippen LogP) is 2.10. The van der Waals surface area contributed by atoms with Gasteiger partial charge in [0, 0.05) is 12.2 Å². The average molecular weight is 360 g/mol. The highest BCUT2D eigenvalue weighted by Crippen LogP contribution is 2.24. The summed E-state index contributed by atoms with van der Waals surface area (Å²) >= 11 is 1.61. The van der Waals surface area contributed by atoms with Crippen LogP contribution in [0.5, 0.6) is 5.75 Å². The zero-order valence-corrected chi connectivity index (χ0v) is 13.5. The van der Waals surface area contributed by atoms with Gasteiger partial charge in [-0.3, -0.25) is 4.79 Å². The number of alkyl halides is 3. The third-order valence-electron chi connectivity index (χ3n) is 2.90. The number of aryl methyl sites for hydroxylation is 1. The number of nitrogens with zero attached hydrogens (tertiary/aromatic N) is 3. The number of hydrogen-bond donors (Lipinski definition) is 1. The van der Waals surface area contributed by atoms with E-state index in [9.17, 15) is 18.0 Å². The molecule has 0 saturated heterocycles. The fourth-order valence-electron chi connectivity index (χ4n) is 1.97. The molecule has 24 heavy (non-hydrogen) atoms. The molecule has 0 spiro atoms. The number of carbonyl (C=O) groups excluding carboxylic acids is 1. The molecule has 10 heteroatoms. The quantitative estimate of drug-likeness (QED) is 0.818. The van der Waals surface area contributed by atoms with Gasteiger partial charge in [0.15, 0.2) is 5.82 Å². The lowest BCUT2D eigenvalue weighted by Crippen LogP contribution is -2.17. The van der Waals surface area contributed by atoms with E-state index >= 15 is 0 Å². The van der Waals surface area contributed by atoms with E-state index in [-0.39, 0.29) is 18.0 Å². The van der Waals surface area contributed by atoms with Gasteiger partial charge in [-0.2, -0.15) is 16.9 Å². The molecule has 1 amide bonds. The number of nitrogens with two attached hydrogens (primary N) is 1. The highest BCUT2D eigenvalue weighted by molar-refractivity contribution is 7.98. The average Bonchev–Trinajstić information content (AvgIpc) is 2.86. The van der Waals surface area contributed by atoms with E-state index in [1.54, 1.807) is 11.8 Å². The Bertz CT molecular complexity index is 701. The van der Waals surface area contributed by atoms with Crippen molar-refractivity contribution in [2.45, 2.75) is 19.2 Å². The van der Waals surface area contributed by atoms with Gasteiger partial charge in [-0.1, -0.05) is 0 Å². The lowest BCUT2D eigenvalue weighted by Gasteiger charge is -2.10. The standard InChI is InChI=1S/C14H15F3N4O2S/c1-24-7-6-13-19-12(8-11(18)22)20-21(13)9-2-4-10(5-3-9)23-14(15,16)17/h2-5H,6-8H2,1H3,(H2,18,22). The van der Waals surface area contributed by atoms with Crippen LogP contribution < -0.4 is 10.5 Å². The van der Waals surface area contributed by atoms with Crippen molar-refractivity contribution in [1.82, 2.24) is 14.8 Å². The second-order valence-corrected chi connectivity index (χ2v) is 5.77. The minimum Gasteiger partial charge on any atom is -0.406 e. The molecule has 0 radical (unpaired) electrons. The molecule has 0 aliphatic carbocycles. The smallest absolute Gasteiger partial charge is 0.406 e. The Kier molecular flexibility index (Phi) is 5.71.